The smallest absolute Gasteiger partial charge is 0.328 e. The highest BCUT2D eigenvalue weighted by Crippen LogP contribution is 2.17. The van der Waals surface area contributed by atoms with Gasteiger partial charge in [-0.15, -0.1) is 0 Å². The summed E-state index contributed by atoms with van der Waals surface area (Å²) in [5.41, 5.74) is 1.89. The summed E-state index contributed by atoms with van der Waals surface area (Å²) in [5.74, 6) is -0.871. The zero-order valence-electron chi connectivity index (χ0n) is 10.5. The van der Waals surface area contributed by atoms with Gasteiger partial charge in [-0.2, -0.15) is 0 Å². The molecular formula is C14H16N2O3. The Bertz CT molecular complexity index is 494. The van der Waals surface area contributed by atoms with Crippen molar-refractivity contribution in [3.63, 3.8) is 0 Å². The van der Waals surface area contributed by atoms with Crippen LogP contribution in [0, 0.1) is 0 Å². The lowest BCUT2D eigenvalue weighted by atomic mass is 10.1. The number of amides is 1. The first-order valence-electron chi connectivity index (χ1n) is 6.18. The molecule has 5 nitrogen and oxygen atoms in total. The number of hydrogen-bond donors (Lipinski definition) is 2. The lowest BCUT2D eigenvalue weighted by Crippen LogP contribution is -2.28. The van der Waals surface area contributed by atoms with Crippen LogP contribution < -0.4 is 10.2 Å². The number of benzene rings is 1. The zero-order valence-corrected chi connectivity index (χ0v) is 10.5. The molecule has 0 radical (unpaired) electrons. The molecule has 19 heavy (non-hydrogen) atoms. The minimum Gasteiger partial charge on any atom is -0.478 e. The van der Waals surface area contributed by atoms with Crippen molar-refractivity contribution in [3.8, 4) is 0 Å². The van der Waals surface area contributed by atoms with Gasteiger partial charge in [-0.3, -0.25) is 4.79 Å². The van der Waals surface area contributed by atoms with Gasteiger partial charge in [-0.1, -0.05) is 12.1 Å². The Hall–Kier alpha value is -2.30. The van der Waals surface area contributed by atoms with E-state index >= 15 is 0 Å². The van der Waals surface area contributed by atoms with Crippen molar-refractivity contribution < 1.29 is 14.7 Å². The maximum absolute atomic E-state index is 11.3. The van der Waals surface area contributed by atoms with Gasteiger partial charge in [0.25, 0.3) is 0 Å². The third kappa shape index (κ3) is 3.84. The van der Waals surface area contributed by atoms with Crippen molar-refractivity contribution in [2.24, 2.45) is 0 Å². The predicted octanol–water partition coefficient (Wildman–Crippen LogP) is 1.11. The number of nitrogens with one attached hydrogen (secondary N) is 1. The molecule has 0 unspecified atom stereocenters. The molecule has 100 valence electrons. The van der Waals surface area contributed by atoms with E-state index in [-0.39, 0.29) is 5.91 Å². The molecule has 1 aliphatic rings. The number of carboxylic acid groups (broad SMARTS) is 1. The summed E-state index contributed by atoms with van der Waals surface area (Å²) in [7, 11) is 0. The summed E-state index contributed by atoms with van der Waals surface area (Å²) in [5, 5.41) is 11.4. The Morgan fingerprint density at radius 1 is 1.26 bits per heavy atom. The van der Waals surface area contributed by atoms with E-state index in [1.807, 2.05) is 24.3 Å². The first-order chi connectivity index (χ1) is 9.15. The zero-order chi connectivity index (χ0) is 13.7. The van der Waals surface area contributed by atoms with E-state index in [2.05, 4.69) is 10.2 Å². The Labute approximate surface area is 111 Å². The third-order valence-electron chi connectivity index (χ3n) is 2.99. The number of nitrogens with zero attached hydrogens (tertiary/aromatic N) is 1. The Morgan fingerprint density at radius 2 is 2.00 bits per heavy atom. The first kappa shape index (κ1) is 13.1. The second-order valence-electron chi connectivity index (χ2n) is 4.35. The average Bonchev–Trinajstić information content (AvgIpc) is 2.62. The van der Waals surface area contributed by atoms with Gasteiger partial charge < -0.3 is 15.3 Å². The van der Waals surface area contributed by atoms with Crippen LogP contribution in [0.3, 0.4) is 0 Å². The van der Waals surface area contributed by atoms with E-state index in [0.29, 0.717) is 19.5 Å². The van der Waals surface area contributed by atoms with Gasteiger partial charge in [0.15, 0.2) is 0 Å². The number of carbonyl (C=O) groups is 2. The van der Waals surface area contributed by atoms with Crippen molar-refractivity contribution in [1.82, 2.24) is 5.32 Å². The minimum atomic E-state index is -0.957. The van der Waals surface area contributed by atoms with Crippen molar-refractivity contribution in [2.75, 3.05) is 24.5 Å². The fourth-order valence-electron chi connectivity index (χ4n) is 1.99. The summed E-state index contributed by atoms with van der Waals surface area (Å²) in [6.45, 7) is 2.14. The van der Waals surface area contributed by atoms with Crippen LogP contribution in [-0.2, 0) is 9.59 Å². The fraction of sp³-hybridized carbons (Fsp3) is 0.286. The predicted molar refractivity (Wildman–Crippen MR) is 73.0 cm³/mol. The van der Waals surface area contributed by atoms with Crippen molar-refractivity contribution >= 4 is 23.6 Å². The van der Waals surface area contributed by atoms with Gasteiger partial charge in [-0.25, -0.2) is 4.79 Å². The number of anilines is 1. The quantitative estimate of drug-likeness (QED) is 0.799. The maximum Gasteiger partial charge on any atom is 0.328 e. The molecule has 0 atom stereocenters. The molecule has 2 rings (SSSR count). The fourth-order valence-corrected chi connectivity index (χ4v) is 1.99. The second kappa shape index (κ2) is 6.04. The van der Waals surface area contributed by atoms with Crippen LogP contribution in [0.1, 0.15) is 12.0 Å². The monoisotopic (exact) mass is 260 g/mol. The highest BCUT2D eigenvalue weighted by Gasteiger charge is 2.13. The molecule has 1 aromatic carbocycles. The normalized spacial score (nSPS) is 16.2. The molecule has 0 bridgehead atoms. The number of hydrogen-bond acceptors (Lipinski definition) is 3. The van der Waals surface area contributed by atoms with Crippen LogP contribution in [0.15, 0.2) is 30.3 Å². The van der Waals surface area contributed by atoms with Crippen molar-refractivity contribution in [2.45, 2.75) is 6.42 Å². The summed E-state index contributed by atoms with van der Waals surface area (Å²) < 4.78 is 0. The molecule has 5 heteroatoms. The van der Waals surface area contributed by atoms with Crippen molar-refractivity contribution in [1.29, 1.82) is 0 Å². The molecule has 1 aromatic rings. The van der Waals surface area contributed by atoms with Gasteiger partial charge in [0.05, 0.1) is 0 Å². The molecule has 1 aliphatic heterocycles. The molecular weight excluding hydrogens is 244 g/mol. The second-order valence-corrected chi connectivity index (χ2v) is 4.35. The van der Waals surface area contributed by atoms with Crippen LogP contribution in [0.2, 0.25) is 0 Å². The molecule has 1 amide bonds. The van der Waals surface area contributed by atoms with E-state index < -0.39 is 5.97 Å². The number of rotatable bonds is 3. The van der Waals surface area contributed by atoms with E-state index in [9.17, 15) is 9.59 Å². The summed E-state index contributed by atoms with van der Waals surface area (Å²) in [4.78, 5) is 23.8. The van der Waals surface area contributed by atoms with Crippen LogP contribution in [0.25, 0.3) is 6.08 Å². The standard InChI is InChI=1S/C14H16N2O3/c17-13-7-9-16(10-8-15-13)12-4-1-11(2-5-12)3-6-14(18)19/h1-6H,7-10H2,(H,15,17)(H,18,19)/b6-3+. The largest absolute Gasteiger partial charge is 0.478 e. The summed E-state index contributed by atoms with van der Waals surface area (Å²) in [6.07, 6.45) is 3.17. The summed E-state index contributed by atoms with van der Waals surface area (Å²) >= 11 is 0. The first-order valence-corrected chi connectivity index (χ1v) is 6.18. The highest BCUT2D eigenvalue weighted by molar-refractivity contribution is 5.85. The third-order valence-corrected chi connectivity index (χ3v) is 2.99. The Balaban J connectivity index is 2.05. The van der Waals surface area contributed by atoms with Gasteiger partial charge in [0.2, 0.25) is 5.91 Å². The molecule has 1 fully saturated rings. The van der Waals surface area contributed by atoms with E-state index in [1.165, 1.54) is 0 Å². The van der Waals surface area contributed by atoms with Crippen LogP contribution >= 0.6 is 0 Å². The summed E-state index contributed by atoms with van der Waals surface area (Å²) in [6, 6.07) is 7.62. The molecule has 0 aliphatic carbocycles. The number of carbonyl (C=O) groups excluding carboxylic acids is 1. The van der Waals surface area contributed by atoms with Crippen molar-refractivity contribution in [3.05, 3.63) is 35.9 Å². The molecule has 0 spiro atoms. The van der Waals surface area contributed by atoms with E-state index in [4.69, 9.17) is 5.11 Å². The Morgan fingerprint density at radius 3 is 2.68 bits per heavy atom. The Kier molecular flexibility index (Phi) is 4.18. The van der Waals surface area contributed by atoms with Gasteiger partial charge >= 0.3 is 5.97 Å². The molecule has 0 aromatic heterocycles. The van der Waals surface area contributed by atoms with Crippen LogP contribution in [0.4, 0.5) is 5.69 Å². The number of carboxylic acids is 1. The molecule has 0 saturated carbocycles. The van der Waals surface area contributed by atoms with Gasteiger partial charge in [-0.05, 0) is 23.8 Å². The highest BCUT2D eigenvalue weighted by atomic mass is 16.4. The lowest BCUT2D eigenvalue weighted by Gasteiger charge is -2.21. The van der Waals surface area contributed by atoms with Crippen LogP contribution in [0.5, 0.6) is 0 Å². The number of aliphatic carboxylic acids is 1. The van der Waals surface area contributed by atoms with E-state index in [1.54, 1.807) is 6.08 Å². The van der Waals surface area contributed by atoms with Gasteiger partial charge in [0, 0.05) is 37.8 Å². The maximum atomic E-state index is 11.3. The average molecular weight is 260 g/mol. The topological polar surface area (TPSA) is 69.6 Å². The molecule has 2 N–H and O–H groups in total. The van der Waals surface area contributed by atoms with E-state index in [0.717, 1.165) is 23.9 Å². The minimum absolute atomic E-state index is 0.0866. The van der Waals surface area contributed by atoms with Gasteiger partial charge in [0.1, 0.15) is 0 Å². The molecule has 1 saturated heterocycles. The SMILES string of the molecule is O=C(O)/C=C/c1ccc(N2CCNC(=O)CC2)cc1. The molecule has 1 heterocycles. The lowest BCUT2D eigenvalue weighted by molar-refractivity contribution is -0.131. The van der Waals surface area contributed by atoms with Crippen LogP contribution in [-0.4, -0.2) is 36.6 Å².